The van der Waals surface area contributed by atoms with Crippen LogP contribution in [0, 0.1) is 11.3 Å². The lowest BCUT2D eigenvalue weighted by Crippen LogP contribution is -2.55. The molecule has 238 valence electrons. The first-order chi connectivity index (χ1) is 21.6. The van der Waals surface area contributed by atoms with Crippen LogP contribution in [-0.2, 0) is 28.7 Å². The Bertz CT molecular complexity index is 1600. The molecule has 2 unspecified atom stereocenters. The Morgan fingerprint density at radius 3 is 2.56 bits per heavy atom. The van der Waals surface area contributed by atoms with Gasteiger partial charge in [0.15, 0.2) is 5.75 Å². The number of oxime groups is 1. The second-order valence-electron chi connectivity index (χ2n) is 10.5. The van der Waals surface area contributed by atoms with Crippen LogP contribution in [0.2, 0.25) is 0 Å². The molecule has 2 amide bonds. The van der Waals surface area contributed by atoms with Crippen LogP contribution in [0.1, 0.15) is 60.6 Å². The normalized spacial score (nSPS) is 15.3. The Morgan fingerprint density at radius 2 is 1.89 bits per heavy atom. The summed E-state index contributed by atoms with van der Waals surface area (Å²) in [5, 5.41) is 27.9. The highest BCUT2D eigenvalue weighted by Gasteiger charge is 2.36. The molecule has 0 bridgehead atoms. The molecular formula is C31H36N6O8. The maximum atomic E-state index is 13.4. The van der Waals surface area contributed by atoms with Crippen LogP contribution in [0.5, 0.6) is 5.75 Å². The van der Waals surface area contributed by atoms with Gasteiger partial charge in [-0.3, -0.25) is 24.6 Å². The van der Waals surface area contributed by atoms with E-state index in [1.165, 1.54) is 0 Å². The number of methoxy groups -OCH3 is 1. The van der Waals surface area contributed by atoms with Gasteiger partial charge in [-0.05, 0) is 24.1 Å². The van der Waals surface area contributed by atoms with Gasteiger partial charge < -0.3 is 40.8 Å². The Labute approximate surface area is 258 Å². The minimum absolute atomic E-state index is 0.0680. The van der Waals surface area contributed by atoms with E-state index in [4.69, 9.17) is 25.5 Å². The quantitative estimate of drug-likeness (QED) is 0.0512. The van der Waals surface area contributed by atoms with E-state index in [0.717, 1.165) is 19.1 Å². The number of carbonyl (C=O) groups is 4. The van der Waals surface area contributed by atoms with E-state index in [9.17, 15) is 24.3 Å². The number of carbonyl (C=O) groups excluding carboxylic acids is 4. The van der Waals surface area contributed by atoms with Crippen LogP contribution in [-0.4, -0.2) is 71.4 Å². The molecule has 2 heterocycles. The minimum Gasteiger partial charge on any atom is -0.505 e. The number of rotatable bonds is 14. The summed E-state index contributed by atoms with van der Waals surface area (Å²) < 4.78 is 10.1. The number of unbranched alkanes of at least 4 members (excludes halogenated alkanes) is 1. The van der Waals surface area contributed by atoms with Crippen molar-refractivity contribution in [1.82, 2.24) is 15.6 Å². The number of amidine groups is 1. The van der Waals surface area contributed by atoms with Gasteiger partial charge in [0.25, 0.3) is 5.91 Å². The number of fused-ring (bicyclic) bond motifs is 1. The van der Waals surface area contributed by atoms with Crippen LogP contribution in [0.3, 0.4) is 0 Å². The van der Waals surface area contributed by atoms with E-state index in [-0.39, 0.29) is 36.7 Å². The number of aromatic amines is 1. The Kier molecular flexibility index (Phi) is 10.7. The van der Waals surface area contributed by atoms with E-state index in [0.29, 0.717) is 28.6 Å². The topological polar surface area (TPSA) is 218 Å². The van der Waals surface area contributed by atoms with Crippen molar-refractivity contribution in [3.05, 3.63) is 65.4 Å². The fraction of sp³-hybridized carbons (Fsp3) is 0.355. The van der Waals surface area contributed by atoms with Crippen molar-refractivity contribution >= 4 is 46.2 Å². The molecule has 3 aromatic rings. The van der Waals surface area contributed by atoms with Crippen molar-refractivity contribution in [1.29, 1.82) is 5.41 Å². The largest absolute Gasteiger partial charge is 0.505 e. The number of aromatic nitrogens is 1. The van der Waals surface area contributed by atoms with Crippen LogP contribution in [0.4, 0.5) is 0 Å². The zero-order valence-electron chi connectivity index (χ0n) is 24.9. The first-order valence-electron chi connectivity index (χ1n) is 14.4. The Hall–Kier alpha value is -5.40. The summed E-state index contributed by atoms with van der Waals surface area (Å²) in [5.74, 6) is -4.77. The maximum Gasteiger partial charge on any atom is 0.313 e. The van der Waals surface area contributed by atoms with Gasteiger partial charge in [0, 0.05) is 22.9 Å². The number of hydrogen-bond donors (Lipinski definition) is 6. The van der Waals surface area contributed by atoms with E-state index in [1.807, 2.05) is 6.92 Å². The molecular weight excluding hydrogens is 584 g/mol. The number of benzene rings is 2. The summed E-state index contributed by atoms with van der Waals surface area (Å²) in [4.78, 5) is 60.4. The van der Waals surface area contributed by atoms with Crippen LogP contribution in [0.25, 0.3) is 10.9 Å². The molecule has 2 aromatic carbocycles. The molecule has 7 N–H and O–H groups in total. The van der Waals surface area contributed by atoms with Crippen molar-refractivity contribution in [2.45, 2.75) is 51.3 Å². The molecule has 1 aromatic heterocycles. The third kappa shape index (κ3) is 8.16. The highest BCUT2D eigenvalue weighted by atomic mass is 16.6. The standard InChI is InChI=1S/C31H36N6O8/c1-3-4-13-44-25(39)16-21(31(42)43-2)29(36-30(41)26-27(40)20-7-5-6-8-22(20)34-26)35-24(38)15-19-14-23(37-45-19)17-9-11-18(12-10-17)28(32)33/h5-12,19,21,29,34,40H,3-4,13-16H2,1-2H3,(H3,32,33)(H,35,38)(H,36,41)/t19?,21?,29-/m1/s1. The number of esters is 2. The molecule has 4 rings (SSSR count). The Balaban J connectivity index is 1.50. The second kappa shape index (κ2) is 14.9. The van der Waals surface area contributed by atoms with Crippen LogP contribution < -0.4 is 16.4 Å². The van der Waals surface area contributed by atoms with Crippen LogP contribution in [0.15, 0.2) is 53.7 Å². The number of aromatic hydroxyl groups is 1. The van der Waals surface area contributed by atoms with E-state index in [2.05, 4.69) is 20.8 Å². The van der Waals surface area contributed by atoms with Gasteiger partial charge in [-0.25, -0.2) is 0 Å². The van der Waals surface area contributed by atoms with E-state index < -0.39 is 48.4 Å². The van der Waals surface area contributed by atoms with Crippen molar-refractivity contribution in [3.63, 3.8) is 0 Å². The van der Waals surface area contributed by atoms with Crippen molar-refractivity contribution in [3.8, 4) is 5.75 Å². The number of para-hydroxylation sites is 1. The van der Waals surface area contributed by atoms with Crippen molar-refractivity contribution < 1.29 is 38.6 Å². The lowest BCUT2D eigenvalue weighted by molar-refractivity contribution is -0.155. The molecule has 45 heavy (non-hydrogen) atoms. The number of nitrogens with zero attached hydrogens (tertiary/aromatic N) is 1. The zero-order chi connectivity index (χ0) is 32.5. The third-order valence-corrected chi connectivity index (χ3v) is 7.24. The molecule has 0 aliphatic carbocycles. The molecule has 0 radical (unpaired) electrons. The van der Waals surface area contributed by atoms with Gasteiger partial charge in [-0.2, -0.15) is 0 Å². The molecule has 1 aliphatic heterocycles. The Morgan fingerprint density at radius 1 is 1.16 bits per heavy atom. The fourth-order valence-corrected chi connectivity index (χ4v) is 4.79. The summed E-state index contributed by atoms with van der Waals surface area (Å²) in [5.41, 5.74) is 7.69. The van der Waals surface area contributed by atoms with Gasteiger partial charge >= 0.3 is 11.9 Å². The molecule has 0 saturated heterocycles. The van der Waals surface area contributed by atoms with Gasteiger partial charge in [0.2, 0.25) is 5.91 Å². The third-order valence-electron chi connectivity index (χ3n) is 7.24. The predicted octanol–water partition coefficient (Wildman–Crippen LogP) is 2.44. The molecule has 0 fully saturated rings. The summed E-state index contributed by atoms with van der Waals surface area (Å²) in [6.45, 7) is 2.08. The summed E-state index contributed by atoms with van der Waals surface area (Å²) >= 11 is 0. The lowest BCUT2D eigenvalue weighted by Gasteiger charge is -2.27. The second-order valence-corrected chi connectivity index (χ2v) is 10.5. The molecule has 0 saturated carbocycles. The number of nitrogens with one attached hydrogen (secondary N) is 4. The average Bonchev–Trinajstić information content (AvgIpc) is 3.63. The molecule has 14 heteroatoms. The average molecular weight is 621 g/mol. The number of ether oxygens (including phenoxy) is 2. The first kappa shape index (κ1) is 32.5. The van der Waals surface area contributed by atoms with E-state index in [1.54, 1.807) is 48.5 Å². The van der Waals surface area contributed by atoms with Gasteiger partial charge in [-0.1, -0.05) is 54.9 Å². The first-order valence-corrected chi connectivity index (χ1v) is 14.4. The number of hydrogen-bond acceptors (Lipinski definition) is 10. The maximum absolute atomic E-state index is 13.4. The van der Waals surface area contributed by atoms with Gasteiger partial charge in [-0.15, -0.1) is 0 Å². The van der Waals surface area contributed by atoms with Crippen LogP contribution >= 0.6 is 0 Å². The monoisotopic (exact) mass is 620 g/mol. The fourth-order valence-electron chi connectivity index (χ4n) is 4.79. The lowest BCUT2D eigenvalue weighted by atomic mass is 10.00. The van der Waals surface area contributed by atoms with Gasteiger partial charge in [0.1, 0.15) is 29.7 Å². The number of H-pyrrole nitrogens is 1. The van der Waals surface area contributed by atoms with Crippen molar-refractivity contribution in [2.75, 3.05) is 13.7 Å². The molecule has 0 spiro atoms. The summed E-state index contributed by atoms with van der Waals surface area (Å²) in [6, 6.07) is 13.6. The summed E-state index contributed by atoms with van der Waals surface area (Å²) in [7, 11) is 1.12. The summed E-state index contributed by atoms with van der Waals surface area (Å²) in [6.07, 6.45) is -1.08. The molecule has 1 aliphatic rings. The smallest absolute Gasteiger partial charge is 0.313 e. The zero-order valence-corrected chi connectivity index (χ0v) is 24.9. The number of nitrogen functional groups attached to an aromatic ring is 1. The molecule has 3 atom stereocenters. The highest BCUT2D eigenvalue weighted by molar-refractivity contribution is 6.04. The number of nitrogens with two attached hydrogens (primary N) is 1. The minimum atomic E-state index is -1.43. The number of amides is 2. The SMILES string of the molecule is CCCCOC(=O)CC(C(=O)OC)[C@H](NC(=O)CC1CC(c2ccc(C(=N)N)cc2)=NO1)NC(=O)c1[nH]c2ccccc2c1O. The predicted molar refractivity (Wildman–Crippen MR) is 163 cm³/mol. The van der Waals surface area contributed by atoms with Gasteiger partial charge in [0.05, 0.1) is 32.3 Å². The highest BCUT2D eigenvalue weighted by Crippen LogP contribution is 2.29. The molecule has 14 nitrogen and oxygen atoms in total. The van der Waals surface area contributed by atoms with E-state index >= 15 is 0 Å². The van der Waals surface area contributed by atoms with Crippen molar-refractivity contribution in [2.24, 2.45) is 16.8 Å².